The van der Waals surface area contributed by atoms with Crippen molar-refractivity contribution < 1.29 is 68.1 Å². The second kappa shape index (κ2) is 15.2. The standard InChI is InChI=1S/C43H53NO14/c1-22-26(55-37(51)32(48)30(24-15-11-9-12-16-24)44-38(52)58-39(3,4)5)20-43(53)35(56-36(50)25-17-13-10-14-18-25)33-41(8,34(49)31(47)29(22)40(43,6)7)27(46)19-28-42(33,21-54-28)57-23(2)45/h9-18,26-28,30-33,35,46-48,53H,19-21H2,1-8H3,(H,44,52)/t26-,27-,28?,30-,31+,32+,33-,35-,41+,42?,43+/m1/s1. The fourth-order valence-electron chi connectivity index (χ4n) is 9.56. The number of carbonyl (C=O) groups excluding carboxylic acids is 5. The Morgan fingerprint density at radius 1 is 0.948 bits per heavy atom. The normalized spacial score (nSPS) is 33.7. The average molecular weight is 808 g/mol. The number of nitrogens with one attached hydrogen (secondary N) is 1. The number of hydrogen-bond donors (Lipinski definition) is 5. The Bertz CT molecular complexity index is 1980. The zero-order valence-corrected chi connectivity index (χ0v) is 33.9. The van der Waals surface area contributed by atoms with Crippen LogP contribution in [0.1, 0.15) is 90.2 Å². The lowest BCUT2D eigenvalue weighted by Crippen LogP contribution is -2.81. The van der Waals surface area contributed by atoms with Crippen molar-refractivity contribution in [3.05, 3.63) is 82.9 Å². The van der Waals surface area contributed by atoms with E-state index in [1.807, 2.05) is 0 Å². The number of fused-ring (bicyclic) bond motifs is 5. The maximum absolute atomic E-state index is 14.9. The average Bonchev–Trinajstić information content (AvgIpc) is 3.14. The minimum absolute atomic E-state index is 0.0637. The summed E-state index contributed by atoms with van der Waals surface area (Å²) in [5.41, 5.74) is -8.14. The molecule has 314 valence electrons. The molecule has 0 radical (unpaired) electrons. The molecule has 2 bridgehead atoms. The smallest absolute Gasteiger partial charge is 0.408 e. The molecule has 15 nitrogen and oxygen atoms in total. The monoisotopic (exact) mass is 807 g/mol. The first-order valence-electron chi connectivity index (χ1n) is 19.3. The van der Waals surface area contributed by atoms with Gasteiger partial charge in [-0.3, -0.25) is 9.59 Å². The molecule has 3 aliphatic carbocycles. The molecule has 0 aromatic heterocycles. The van der Waals surface area contributed by atoms with Crippen LogP contribution in [0.15, 0.2) is 71.8 Å². The van der Waals surface area contributed by atoms with Gasteiger partial charge in [-0.1, -0.05) is 62.4 Å². The predicted octanol–water partition coefficient (Wildman–Crippen LogP) is 3.26. The van der Waals surface area contributed by atoms with Gasteiger partial charge in [0, 0.05) is 25.2 Å². The van der Waals surface area contributed by atoms with Crippen molar-refractivity contribution in [2.75, 3.05) is 6.61 Å². The highest BCUT2D eigenvalue weighted by atomic mass is 16.6. The molecule has 5 N–H and O–H groups in total. The number of aliphatic hydroxyl groups is 4. The molecule has 4 aliphatic rings. The summed E-state index contributed by atoms with van der Waals surface area (Å²) in [5, 5.41) is 51.6. The van der Waals surface area contributed by atoms with E-state index in [1.165, 1.54) is 26.0 Å². The second-order valence-electron chi connectivity index (χ2n) is 17.6. The Morgan fingerprint density at radius 3 is 2.10 bits per heavy atom. The van der Waals surface area contributed by atoms with E-state index in [-0.39, 0.29) is 29.7 Å². The van der Waals surface area contributed by atoms with Gasteiger partial charge >= 0.3 is 24.0 Å². The van der Waals surface area contributed by atoms with Crippen LogP contribution in [-0.2, 0) is 38.1 Å². The fraction of sp³-hybridized carbons (Fsp3) is 0.558. The van der Waals surface area contributed by atoms with E-state index >= 15 is 0 Å². The van der Waals surface area contributed by atoms with Gasteiger partial charge in [-0.15, -0.1) is 0 Å². The Kier molecular flexibility index (Phi) is 11.2. The van der Waals surface area contributed by atoms with Crippen LogP contribution in [0.5, 0.6) is 0 Å². The van der Waals surface area contributed by atoms with Crippen molar-refractivity contribution >= 4 is 29.8 Å². The van der Waals surface area contributed by atoms with Gasteiger partial charge in [-0.25, -0.2) is 14.4 Å². The molecule has 0 spiro atoms. The van der Waals surface area contributed by atoms with Crippen LogP contribution in [-0.4, -0.2) is 110 Å². The number of Topliss-reactive ketones (excluding diaryl/α,β-unsaturated/α-hetero) is 1. The highest BCUT2D eigenvalue weighted by Crippen LogP contribution is 2.64. The summed E-state index contributed by atoms with van der Waals surface area (Å²) in [6.45, 7) is 11.8. The molecule has 1 aliphatic heterocycles. The molecule has 15 heteroatoms. The fourth-order valence-corrected chi connectivity index (χ4v) is 9.56. The van der Waals surface area contributed by atoms with Gasteiger partial charge in [0.1, 0.15) is 35.6 Å². The summed E-state index contributed by atoms with van der Waals surface area (Å²) in [6, 6.07) is 14.6. The Hall–Kier alpha value is -4.67. The van der Waals surface area contributed by atoms with Crippen molar-refractivity contribution in [1.82, 2.24) is 5.32 Å². The van der Waals surface area contributed by atoms with E-state index < -0.39 is 112 Å². The number of ketones is 1. The van der Waals surface area contributed by atoms with Crippen molar-refractivity contribution in [2.24, 2.45) is 16.7 Å². The van der Waals surface area contributed by atoms with Crippen LogP contribution >= 0.6 is 0 Å². The summed E-state index contributed by atoms with van der Waals surface area (Å²) >= 11 is 0. The Labute approximate surface area is 336 Å². The maximum atomic E-state index is 14.9. The molecule has 2 aromatic rings. The van der Waals surface area contributed by atoms with Crippen molar-refractivity contribution in [2.45, 2.75) is 128 Å². The molecule has 2 aromatic carbocycles. The number of aliphatic hydroxyl groups excluding tert-OH is 3. The predicted molar refractivity (Wildman–Crippen MR) is 204 cm³/mol. The van der Waals surface area contributed by atoms with Crippen LogP contribution < -0.4 is 5.32 Å². The maximum Gasteiger partial charge on any atom is 0.408 e. The minimum atomic E-state index is -2.35. The zero-order chi connectivity index (χ0) is 42.7. The van der Waals surface area contributed by atoms with Crippen LogP contribution in [0, 0.1) is 16.7 Å². The van der Waals surface area contributed by atoms with Crippen molar-refractivity contribution in [1.29, 1.82) is 0 Å². The van der Waals surface area contributed by atoms with Crippen molar-refractivity contribution in [3.63, 3.8) is 0 Å². The van der Waals surface area contributed by atoms with E-state index in [1.54, 1.807) is 83.1 Å². The third-order valence-electron chi connectivity index (χ3n) is 12.6. The topological polar surface area (TPSA) is 224 Å². The van der Waals surface area contributed by atoms with E-state index in [0.717, 1.165) is 6.92 Å². The van der Waals surface area contributed by atoms with E-state index in [9.17, 15) is 44.4 Å². The molecule has 58 heavy (non-hydrogen) atoms. The summed E-state index contributed by atoms with van der Waals surface area (Å²) in [5.74, 6) is -5.36. The molecule has 6 rings (SSSR count). The van der Waals surface area contributed by atoms with Crippen LogP contribution in [0.2, 0.25) is 0 Å². The number of benzene rings is 2. The second-order valence-corrected chi connectivity index (χ2v) is 17.6. The molecule has 3 fully saturated rings. The first-order chi connectivity index (χ1) is 27.0. The van der Waals surface area contributed by atoms with Gasteiger partial charge in [-0.2, -0.15) is 0 Å². The third-order valence-corrected chi connectivity index (χ3v) is 12.6. The first-order valence-corrected chi connectivity index (χ1v) is 19.3. The molecular formula is C43H53NO14. The Morgan fingerprint density at radius 2 is 1.55 bits per heavy atom. The summed E-state index contributed by atoms with van der Waals surface area (Å²) in [4.78, 5) is 68.9. The number of hydrogen-bond acceptors (Lipinski definition) is 14. The van der Waals surface area contributed by atoms with E-state index in [2.05, 4.69) is 5.32 Å². The lowest BCUT2D eigenvalue weighted by atomic mass is 9.44. The number of alkyl carbamates (subject to hydrolysis) is 1. The van der Waals surface area contributed by atoms with E-state index in [4.69, 9.17) is 23.7 Å². The molecular weight excluding hydrogens is 754 g/mol. The van der Waals surface area contributed by atoms with Gasteiger partial charge in [-0.05, 0) is 63.5 Å². The zero-order valence-electron chi connectivity index (χ0n) is 33.9. The largest absolute Gasteiger partial charge is 0.456 e. The molecule has 2 unspecified atom stereocenters. The third kappa shape index (κ3) is 7.10. The minimum Gasteiger partial charge on any atom is -0.456 e. The quantitative estimate of drug-likeness (QED) is 0.147. The molecule has 2 saturated carbocycles. The molecule has 1 amide bonds. The van der Waals surface area contributed by atoms with Gasteiger partial charge in [0.15, 0.2) is 17.5 Å². The van der Waals surface area contributed by atoms with E-state index in [0.29, 0.717) is 5.56 Å². The number of carbonyl (C=O) groups is 5. The van der Waals surface area contributed by atoms with Crippen LogP contribution in [0.25, 0.3) is 0 Å². The summed E-state index contributed by atoms with van der Waals surface area (Å²) in [7, 11) is 0. The first kappa shape index (κ1) is 42.9. The number of ether oxygens (including phenoxy) is 5. The van der Waals surface area contributed by atoms with Gasteiger partial charge in [0.05, 0.1) is 35.6 Å². The number of amides is 1. The highest BCUT2D eigenvalue weighted by Gasteiger charge is 2.78. The highest BCUT2D eigenvalue weighted by molar-refractivity contribution is 5.94. The number of rotatable bonds is 8. The van der Waals surface area contributed by atoms with Gasteiger partial charge in [0.2, 0.25) is 0 Å². The molecule has 1 saturated heterocycles. The lowest BCUT2D eigenvalue weighted by Gasteiger charge is -2.67. The number of esters is 3. The van der Waals surface area contributed by atoms with Crippen molar-refractivity contribution in [3.8, 4) is 0 Å². The molecule has 1 heterocycles. The lowest BCUT2D eigenvalue weighted by molar-refractivity contribution is -0.346. The van der Waals surface area contributed by atoms with Crippen LogP contribution in [0.3, 0.4) is 0 Å². The van der Waals surface area contributed by atoms with Gasteiger partial charge in [0.25, 0.3) is 0 Å². The van der Waals surface area contributed by atoms with Crippen LogP contribution in [0.4, 0.5) is 4.79 Å². The summed E-state index contributed by atoms with van der Waals surface area (Å²) in [6.07, 6.45) is -11.5. The van der Waals surface area contributed by atoms with Gasteiger partial charge < -0.3 is 49.4 Å². The SMILES string of the molecule is CC(=O)OC12COC1C[C@@H](O)[C@]1(C)C(=O)[C@@H](O)C3=C(C)[C@H](OC(=O)[C@@H](O)[C@H](NC(=O)OC(C)(C)C)c4ccccc4)C[C@](O)([C@H](OC(=O)c4ccccc4)[C@@H]21)C3(C)C. The Balaban J connectivity index is 1.49. The molecule has 11 atom stereocenters. The summed E-state index contributed by atoms with van der Waals surface area (Å²) < 4.78 is 29.5.